The summed E-state index contributed by atoms with van der Waals surface area (Å²) in [6.07, 6.45) is 1.69. The minimum Gasteiger partial charge on any atom is -0.358 e. The fourth-order valence-electron chi connectivity index (χ4n) is 3.57. The maximum Gasteiger partial charge on any atom is 0.292 e. The van der Waals surface area contributed by atoms with Crippen LogP contribution in [-0.2, 0) is 6.54 Å². The second-order valence-corrected chi connectivity index (χ2v) is 7.75. The van der Waals surface area contributed by atoms with Crippen LogP contribution in [0.5, 0.6) is 0 Å². The lowest BCUT2D eigenvalue weighted by molar-refractivity contribution is -0.914. The van der Waals surface area contributed by atoms with E-state index in [1.807, 2.05) is 48.5 Å². The van der Waals surface area contributed by atoms with Crippen molar-refractivity contribution in [2.24, 2.45) is 0 Å². The normalized spacial score (nSPS) is 15.0. The monoisotopic (exact) mass is 415 g/mol. The van der Waals surface area contributed by atoms with Crippen LogP contribution in [0.25, 0.3) is 5.69 Å². The van der Waals surface area contributed by atoms with Crippen LogP contribution in [0.4, 0.5) is 5.69 Å². The van der Waals surface area contributed by atoms with E-state index in [0.29, 0.717) is 11.4 Å². The van der Waals surface area contributed by atoms with Crippen LogP contribution in [0.15, 0.2) is 65.6 Å². The van der Waals surface area contributed by atoms with Gasteiger partial charge in [-0.3, -0.25) is 4.79 Å². The molecule has 0 aliphatic carbocycles. The highest BCUT2D eigenvalue weighted by Crippen LogP contribution is 2.21. The molecule has 2 aromatic carbocycles. The third kappa shape index (κ3) is 4.07. The standard InChI is InChI=1S/C21H20Cl2N4O/c22-17-6-4-5-16(13-17)15-25-9-11-26(12-10-25)19-14-24-27(21(28)20(19)23)18-7-2-1-3-8-18/h1-8,13-14H,9-12,15H2/p+1. The van der Waals surface area contributed by atoms with Crippen molar-refractivity contribution in [3.05, 3.63) is 86.8 Å². The maximum atomic E-state index is 12.7. The molecule has 4 rings (SSSR count). The number of para-hydroxylation sites is 1. The highest BCUT2D eigenvalue weighted by atomic mass is 35.5. The average molecular weight is 416 g/mol. The van der Waals surface area contributed by atoms with Gasteiger partial charge in [0.2, 0.25) is 0 Å². The molecule has 144 valence electrons. The van der Waals surface area contributed by atoms with Crippen LogP contribution in [0, 0.1) is 0 Å². The summed E-state index contributed by atoms with van der Waals surface area (Å²) in [5.74, 6) is 0. The van der Waals surface area contributed by atoms with Crippen LogP contribution >= 0.6 is 23.2 Å². The van der Waals surface area contributed by atoms with Gasteiger partial charge in [-0.2, -0.15) is 9.78 Å². The molecule has 1 N–H and O–H groups in total. The van der Waals surface area contributed by atoms with Crippen LogP contribution in [-0.4, -0.2) is 36.0 Å². The first-order chi connectivity index (χ1) is 13.6. The van der Waals surface area contributed by atoms with Crippen molar-refractivity contribution in [2.75, 3.05) is 31.1 Å². The summed E-state index contributed by atoms with van der Waals surface area (Å²) in [6, 6.07) is 17.3. The minimum absolute atomic E-state index is 0.220. The molecule has 1 aliphatic rings. The summed E-state index contributed by atoms with van der Waals surface area (Å²) in [5, 5.41) is 5.33. The molecule has 1 aliphatic heterocycles. The van der Waals surface area contributed by atoms with Gasteiger partial charge in [-0.1, -0.05) is 53.5 Å². The number of hydrogen-bond acceptors (Lipinski definition) is 3. The number of nitrogens with one attached hydrogen (secondary N) is 1. The summed E-state index contributed by atoms with van der Waals surface area (Å²) in [7, 11) is 0. The van der Waals surface area contributed by atoms with E-state index in [1.165, 1.54) is 15.1 Å². The molecule has 5 nitrogen and oxygen atoms in total. The van der Waals surface area contributed by atoms with E-state index in [2.05, 4.69) is 16.1 Å². The lowest BCUT2D eigenvalue weighted by Crippen LogP contribution is -3.13. The summed E-state index contributed by atoms with van der Waals surface area (Å²) in [5.41, 5.74) is 2.36. The number of quaternary nitrogens is 1. The van der Waals surface area contributed by atoms with Crippen molar-refractivity contribution >= 4 is 28.9 Å². The minimum atomic E-state index is -0.293. The van der Waals surface area contributed by atoms with Gasteiger partial charge in [-0.05, 0) is 24.3 Å². The smallest absolute Gasteiger partial charge is 0.292 e. The van der Waals surface area contributed by atoms with Crippen molar-refractivity contribution in [2.45, 2.75) is 6.54 Å². The van der Waals surface area contributed by atoms with Crippen LogP contribution in [0.1, 0.15) is 5.56 Å². The van der Waals surface area contributed by atoms with Gasteiger partial charge in [0.25, 0.3) is 5.56 Å². The number of aromatic nitrogens is 2. The molecule has 7 heteroatoms. The quantitative estimate of drug-likeness (QED) is 0.711. The Balaban J connectivity index is 1.46. The van der Waals surface area contributed by atoms with Gasteiger partial charge < -0.3 is 9.80 Å². The Bertz CT molecular complexity index is 1010. The van der Waals surface area contributed by atoms with Gasteiger partial charge in [0.05, 0.1) is 43.8 Å². The predicted molar refractivity (Wildman–Crippen MR) is 113 cm³/mol. The summed E-state index contributed by atoms with van der Waals surface area (Å²) in [4.78, 5) is 16.3. The Hall–Kier alpha value is -2.34. The highest BCUT2D eigenvalue weighted by Gasteiger charge is 2.23. The van der Waals surface area contributed by atoms with Gasteiger partial charge in [-0.25, -0.2) is 0 Å². The number of anilines is 1. The molecule has 0 radical (unpaired) electrons. The number of benzene rings is 2. The second-order valence-electron chi connectivity index (χ2n) is 6.94. The topological polar surface area (TPSA) is 42.6 Å². The Morgan fingerprint density at radius 3 is 2.46 bits per heavy atom. The fraction of sp³-hybridized carbons (Fsp3) is 0.238. The summed E-state index contributed by atoms with van der Waals surface area (Å²) in [6.45, 7) is 4.52. The summed E-state index contributed by atoms with van der Waals surface area (Å²) < 4.78 is 1.34. The largest absolute Gasteiger partial charge is 0.358 e. The number of piperazine rings is 1. The van der Waals surface area contributed by atoms with E-state index in [-0.39, 0.29) is 10.6 Å². The molecule has 3 aromatic rings. The Labute approximate surface area is 173 Å². The van der Waals surface area contributed by atoms with Gasteiger partial charge >= 0.3 is 0 Å². The van der Waals surface area contributed by atoms with Crippen molar-refractivity contribution in [1.29, 1.82) is 0 Å². The molecule has 0 bridgehead atoms. The number of nitrogens with zero attached hydrogens (tertiary/aromatic N) is 3. The molecule has 0 saturated carbocycles. The van der Waals surface area contributed by atoms with Crippen LogP contribution in [0.3, 0.4) is 0 Å². The van der Waals surface area contributed by atoms with Crippen molar-refractivity contribution in [3.63, 3.8) is 0 Å². The molecule has 1 fully saturated rings. The van der Waals surface area contributed by atoms with E-state index < -0.39 is 0 Å². The van der Waals surface area contributed by atoms with Crippen molar-refractivity contribution in [1.82, 2.24) is 9.78 Å². The number of halogens is 2. The first kappa shape index (κ1) is 19.0. The van der Waals surface area contributed by atoms with Gasteiger partial charge in [0, 0.05) is 10.6 Å². The lowest BCUT2D eigenvalue weighted by Gasteiger charge is -2.33. The Kier molecular flexibility index (Phi) is 5.67. The Morgan fingerprint density at radius 2 is 1.75 bits per heavy atom. The van der Waals surface area contributed by atoms with E-state index in [9.17, 15) is 4.79 Å². The molecule has 2 heterocycles. The molecule has 0 amide bonds. The molecule has 1 aromatic heterocycles. The van der Waals surface area contributed by atoms with Gasteiger partial charge in [0.15, 0.2) is 0 Å². The SMILES string of the molecule is O=c1c(Cl)c(N2CC[NH+](Cc3cccc(Cl)c3)CC2)cnn1-c1ccccc1. The third-order valence-corrected chi connectivity index (χ3v) is 5.65. The average Bonchev–Trinajstić information content (AvgIpc) is 2.71. The third-order valence-electron chi connectivity index (χ3n) is 5.06. The maximum absolute atomic E-state index is 12.7. The first-order valence-corrected chi connectivity index (χ1v) is 10.0. The molecule has 0 spiro atoms. The van der Waals surface area contributed by atoms with E-state index in [0.717, 1.165) is 37.7 Å². The molecule has 28 heavy (non-hydrogen) atoms. The zero-order valence-electron chi connectivity index (χ0n) is 15.3. The molecule has 0 unspecified atom stereocenters. The molecular formula is C21H21Cl2N4O+. The lowest BCUT2D eigenvalue weighted by atomic mass is 10.2. The van der Waals surface area contributed by atoms with Crippen molar-refractivity contribution in [3.8, 4) is 5.69 Å². The number of hydrogen-bond donors (Lipinski definition) is 1. The van der Waals surface area contributed by atoms with Crippen molar-refractivity contribution < 1.29 is 4.90 Å². The predicted octanol–water partition coefficient (Wildman–Crippen LogP) is 2.44. The molecule has 1 saturated heterocycles. The van der Waals surface area contributed by atoms with E-state index in [4.69, 9.17) is 23.2 Å². The second kappa shape index (κ2) is 8.35. The Morgan fingerprint density at radius 1 is 1.00 bits per heavy atom. The highest BCUT2D eigenvalue weighted by molar-refractivity contribution is 6.33. The summed E-state index contributed by atoms with van der Waals surface area (Å²) >= 11 is 12.5. The van der Waals surface area contributed by atoms with Gasteiger partial charge in [-0.15, -0.1) is 0 Å². The van der Waals surface area contributed by atoms with E-state index in [1.54, 1.807) is 6.20 Å². The fourth-order valence-corrected chi connectivity index (χ4v) is 4.04. The van der Waals surface area contributed by atoms with Gasteiger partial charge in [0.1, 0.15) is 11.6 Å². The molecule has 0 atom stereocenters. The number of rotatable bonds is 4. The molecular weight excluding hydrogens is 395 g/mol. The van der Waals surface area contributed by atoms with Crippen LogP contribution in [0.2, 0.25) is 10.0 Å². The van der Waals surface area contributed by atoms with E-state index >= 15 is 0 Å². The first-order valence-electron chi connectivity index (χ1n) is 9.28. The zero-order chi connectivity index (χ0) is 19.5. The zero-order valence-corrected chi connectivity index (χ0v) is 16.8. The van der Waals surface area contributed by atoms with Crippen LogP contribution < -0.4 is 15.4 Å².